The van der Waals surface area contributed by atoms with Crippen LogP contribution in [0.4, 0.5) is 5.82 Å². The van der Waals surface area contributed by atoms with Crippen molar-refractivity contribution in [2.45, 2.75) is 50.2 Å². The highest BCUT2D eigenvalue weighted by atomic mass is 16.3. The van der Waals surface area contributed by atoms with Gasteiger partial charge >= 0.3 is 0 Å². The molecule has 3 N–H and O–H groups in total. The SMILES string of the molecule is CNC(=O)c1cc2cc(O)c(-c3ccc(N(C)[C@H]4C[C@H]5CCC[C@@H](C4)N5)nn3)cc2o1. The molecule has 0 radical (unpaired) electrons. The Hall–Kier alpha value is -3.13. The number of rotatable bonds is 4. The van der Waals surface area contributed by atoms with Crippen LogP contribution in [0.3, 0.4) is 0 Å². The number of benzene rings is 1. The number of carbonyl (C=O) groups is 1. The topological polar surface area (TPSA) is 104 Å². The lowest BCUT2D eigenvalue weighted by molar-refractivity contribution is 0.0938. The molecule has 4 heterocycles. The monoisotopic (exact) mass is 421 g/mol. The molecule has 3 atom stereocenters. The Morgan fingerprint density at radius 1 is 1.19 bits per heavy atom. The number of carbonyl (C=O) groups excluding carboxylic acids is 1. The molecule has 1 aromatic carbocycles. The van der Waals surface area contributed by atoms with Crippen LogP contribution in [0.15, 0.2) is 34.7 Å². The van der Waals surface area contributed by atoms with E-state index in [2.05, 4.69) is 32.8 Å². The van der Waals surface area contributed by atoms with Crippen LogP contribution in [0.25, 0.3) is 22.2 Å². The number of amides is 1. The van der Waals surface area contributed by atoms with Gasteiger partial charge in [0.2, 0.25) is 0 Å². The third kappa shape index (κ3) is 3.72. The molecule has 162 valence electrons. The maximum atomic E-state index is 11.8. The van der Waals surface area contributed by atoms with E-state index in [1.165, 1.54) is 19.3 Å². The molecule has 2 saturated heterocycles. The summed E-state index contributed by atoms with van der Waals surface area (Å²) in [4.78, 5) is 14.1. The minimum Gasteiger partial charge on any atom is -0.507 e. The van der Waals surface area contributed by atoms with Crippen molar-refractivity contribution >= 4 is 22.7 Å². The first-order valence-corrected chi connectivity index (χ1v) is 10.8. The summed E-state index contributed by atoms with van der Waals surface area (Å²) < 4.78 is 5.63. The molecule has 2 bridgehead atoms. The predicted octanol–water partition coefficient (Wildman–Crippen LogP) is 3.06. The zero-order chi connectivity index (χ0) is 21.5. The van der Waals surface area contributed by atoms with E-state index in [4.69, 9.17) is 4.42 Å². The van der Waals surface area contributed by atoms with Gasteiger partial charge in [0.1, 0.15) is 11.3 Å². The van der Waals surface area contributed by atoms with Crippen LogP contribution in [0.2, 0.25) is 0 Å². The molecular weight excluding hydrogens is 394 g/mol. The number of phenols is 1. The number of piperidine rings is 2. The Bertz CT molecular complexity index is 1100. The second-order valence-electron chi connectivity index (χ2n) is 8.60. The molecule has 31 heavy (non-hydrogen) atoms. The number of aromatic hydroxyl groups is 1. The van der Waals surface area contributed by atoms with Crippen molar-refractivity contribution in [1.29, 1.82) is 0 Å². The van der Waals surface area contributed by atoms with Gasteiger partial charge in [0, 0.05) is 43.2 Å². The number of nitrogens with zero attached hydrogens (tertiary/aromatic N) is 3. The van der Waals surface area contributed by atoms with E-state index in [-0.39, 0.29) is 17.4 Å². The van der Waals surface area contributed by atoms with Crippen molar-refractivity contribution in [2.75, 3.05) is 19.0 Å². The minimum absolute atomic E-state index is 0.0679. The normalized spacial score (nSPS) is 23.0. The van der Waals surface area contributed by atoms with Crippen molar-refractivity contribution in [3.05, 3.63) is 36.1 Å². The summed E-state index contributed by atoms with van der Waals surface area (Å²) in [7, 11) is 3.63. The fourth-order valence-electron chi connectivity index (χ4n) is 4.91. The van der Waals surface area contributed by atoms with Crippen LogP contribution in [0.5, 0.6) is 5.75 Å². The number of hydrogen-bond donors (Lipinski definition) is 3. The molecule has 0 unspecified atom stereocenters. The molecule has 2 aromatic heterocycles. The van der Waals surface area contributed by atoms with Gasteiger partial charge in [0.05, 0.1) is 5.69 Å². The molecule has 1 amide bonds. The number of anilines is 1. The molecule has 8 nitrogen and oxygen atoms in total. The molecule has 2 aliphatic rings. The summed E-state index contributed by atoms with van der Waals surface area (Å²) in [6.07, 6.45) is 6.07. The Kier molecular flexibility index (Phi) is 5.02. The summed E-state index contributed by atoms with van der Waals surface area (Å²) in [5.74, 6) is 0.780. The van der Waals surface area contributed by atoms with Gasteiger partial charge in [-0.05, 0) is 56.0 Å². The highest BCUT2D eigenvalue weighted by molar-refractivity contribution is 5.97. The zero-order valence-corrected chi connectivity index (χ0v) is 17.8. The maximum absolute atomic E-state index is 11.8. The van der Waals surface area contributed by atoms with E-state index >= 15 is 0 Å². The molecule has 2 aliphatic heterocycles. The average Bonchev–Trinajstić information content (AvgIpc) is 3.20. The quantitative estimate of drug-likeness (QED) is 0.595. The van der Waals surface area contributed by atoms with Crippen molar-refractivity contribution in [3.8, 4) is 17.0 Å². The van der Waals surface area contributed by atoms with Crippen LogP contribution >= 0.6 is 0 Å². The number of aromatic nitrogens is 2. The van der Waals surface area contributed by atoms with Gasteiger partial charge in [-0.1, -0.05) is 6.42 Å². The number of phenolic OH excluding ortho intramolecular Hbond substituents is 1. The highest BCUT2D eigenvalue weighted by Gasteiger charge is 2.33. The number of hydrogen-bond acceptors (Lipinski definition) is 7. The lowest BCUT2D eigenvalue weighted by Gasteiger charge is -2.43. The molecule has 0 saturated carbocycles. The Labute approximate surface area is 180 Å². The minimum atomic E-state index is -0.313. The number of furan rings is 1. The van der Waals surface area contributed by atoms with Crippen LogP contribution < -0.4 is 15.5 Å². The highest BCUT2D eigenvalue weighted by Crippen LogP contribution is 2.35. The van der Waals surface area contributed by atoms with Crippen molar-refractivity contribution in [2.24, 2.45) is 0 Å². The molecule has 0 spiro atoms. The van der Waals surface area contributed by atoms with Gasteiger partial charge in [-0.15, -0.1) is 10.2 Å². The van der Waals surface area contributed by atoms with E-state index in [0.29, 0.717) is 40.4 Å². The summed E-state index contributed by atoms with van der Waals surface area (Å²) in [6.45, 7) is 0. The molecule has 0 aliphatic carbocycles. The fraction of sp³-hybridized carbons (Fsp3) is 0.435. The van der Waals surface area contributed by atoms with Crippen molar-refractivity contribution < 1.29 is 14.3 Å². The van der Waals surface area contributed by atoms with Gasteiger partial charge in [-0.2, -0.15) is 0 Å². The summed E-state index contributed by atoms with van der Waals surface area (Å²) in [5.41, 5.74) is 1.58. The zero-order valence-electron chi connectivity index (χ0n) is 17.8. The second kappa shape index (κ2) is 7.85. The second-order valence-corrected chi connectivity index (χ2v) is 8.60. The van der Waals surface area contributed by atoms with Gasteiger partial charge in [0.25, 0.3) is 5.91 Å². The Morgan fingerprint density at radius 3 is 2.65 bits per heavy atom. The van der Waals surface area contributed by atoms with E-state index in [9.17, 15) is 9.90 Å². The molecule has 2 fully saturated rings. The van der Waals surface area contributed by atoms with E-state index in [1.54, 1.807) is 25.2 Å². The average molecular weight is 422 g/mol. The first-order valence-electron chi connectivity index (χ1n) is 10.8. The predicted molar refractivity (Wildman–Crippen MR) is 118 cm³/mol. The van der Waals surface area contributed by atoms with Crippen molar-refractivity contribution in [1.82, 2.24) is 20.8 Å². The van der Waals surface area contributed by atoms with E-state index in [1.807, 2.05) is 12.1 Å². The lowest BCUT2D eigenvalue weighted by Crippen LogP contribution is -2.54. The summed E-state index contributed by atoms with van der Waals surface area (Å²) in [5, 5.41) is 26.2. The van der Waals surface area contributed by atoms with Gasteiger partial charge in [-0.3, -0.25) is 4.79 Å². The maximum Gasteiger partial charge on any atom is 0.286 e. The summed E-state index contributed by atoms with van der Waals surface area (Å²) in [6, 6.07) is 10.3. The third-order valence-corrected chi connectivity index (χ3v) is 6.61. The molecule has 5 rings (SSSR count). The lowest BCUT2D eigenvalue weighted by atomic mass is 9.83. The molecule has 8 heteroatoms. The Balaban J connectivity index is 1.38. The number of nitrogens with one attached hydrogen (secondary N) is 2. The molecule has 3 aromatic rings. The fourth-order valence-corrected chi connectivity index (χ4v) is 4.91. The summed E-state index contributed by atoms with van der Waals surface area (Å²) >= 11 is 0. The first-order chi connectivity index (χ1) is 15.0. The van der Waals surface area contributed by atoms with Gasteiger partial charge < -0.3 is 25.1 Å². The van der Waals surface area contributed by atoms with Crippen LogP contribution in [0, 0.1) is 0 Å². The molecular formula is C23H27N5O3. The van der Waals surface area contributed by atoms with Crippen LogP contribution in [-0.2, 0) is 0 Å². The Morgan fingerprint density at radius 2 is 1.97 bits per heavy atom. The number of fused-ring (bicyclic) bond motifs is 3. The first kappa shape index (κ1) is 19.8. The standard InChI is InChI=1S/C23H27N5O3/c1-24-23(30)21-9-13-8-19(29)17(12-20(13)31-21)18-6-7-22(27-26-18)28(2)16-10-14-4-3-5-15(11-16)25-14/h6-9,12,14-16,25,29H,3-5,10-11H2,1-2H3,(H,24,30)/t14-,15+,16+. The van der Waals surface area contributed by atoms with Gasteiger partial charge in [0.15, 0.2) is 11.6 Å². The van der Waals surface area contributed by atoms with E-state index < -0.39 is 0 Å². The largest absolute Gasteiger partial charge is 0.507 e. The van der Waals surface area contributed by atoms with Crippen LogP contribution in [-0.4, -0.2) is 53.4 Å². The van der Waals surface area contributed by atoms with Crippen molar-refractivity contribution in [3.63, 3.8) is 0 Å². The van der Waals surface area contributed by atoms with E-state index in [0.717, 1.165) is 18.7 Å². The van der Waals surface area contributed by atoms with Crippen LogP contribution in [0.1, 0.15) is 42.7 Å². The third-order valence-electron chi connectivity index (χ3n) is 6.61. The van der Waals surface area contributed by atoms with Gasteiger partial charge in [-0.25, -0.2) is 0 Å². The smallest absolute Gasteiger partial charge is 0.286 e.